The molecule has 0 aliphatic carbocycles. The van der Waals surface area contributed by atoms with Crippen molar-refractivity contribution < 1.29 is 49.0 Å². The van der Waals surface area contributed by atoms with E-state index in [1.165, 1.54) is 0 Å². The van der Waals surface area contributed by atoms with Crippen LogP contribution in [0.1, 0.15) is 90.9 Å². The zero-order valence-electron chi connectivity index (χ0n) is 32.9. The van der Waals surface area contributed by atoms with E-state index in [-0.39, 0.29) is 26.1 Å². The lowest BCUT2D eigenvalue weighted by Crippen LogP contribution is -2.59. The molecule has 1 saturated heterocycles. The van der Waals surface area contributed by atoms with Gasteiger partial charge in [0.1, 0.15) is 31.0 Å². The summed E-state index contributed by atoms with van der Waals surface area (Å²) in [6.07, 6.45) is 41.2. The van der Waals surface area contributed by atoms with Crippen LogP contribution in [-0.4, -0.2) is 89.0 Å². The van der Waals surface area contributed by atoms with Crippen LogP contribution in [0.4, 0.5) is 0 Å². The number of allylic oxidation sites excluding steroid dienone is 18. The van der Waals surface area contributed by atoms with Gasteiger partial charge in [0, 0.05) is 0 Å². The van der Waals surface area contributed by atoms with E-state index in [1.54, 1.807) is 12.2 Å². The van der Waals surface area contributed by atoms with Crippen LogP contribution in [-0.2, 0) is 28.5 Å². The predicted octanol–water partition coefficient (Wildman–Crippen LogP) is 7.54. The van der Waals surface area contributed by atoms with Gasteiger partial charge in [-0.15, -0.1) is 0 Å². The van der Waals surface area contributed by atoms with Crippen molar-refractivity contribution in [2.24, 2.45) is 0 Å². The van der Waals surface area contributed by atoms with Gasteiger partial charge in [-0.2, -0.15) is 0 Å². The first-order valence-electron chi connectivity index (χ1n) is 19.6. The van der Waals surface area contributed by atoms with E-state index < -0.39 is 55.4 Å². The molecule has 1 fully saturated rings. The Hall–Kier alpha value is -3.90. The Morgan fingerprint density at radius 3 is 1.31 bits per heavy atom. The first-order chi connectivity index (χ1) is 26.8. The maximum absolute atomic E-state index is 12.7. The molecule has 0 spiro atoms. The summed E-state index contributed by atoms with van der Waals surface area (Å²) in [5.74, 6) is -1.12. The van der Waals surface area contributed by atoms with Gasteiger partial charge >= 0.3 is 11.9 Å². The van der Waals surface area contributed by atoms with Crippen LogP contribution in [0.2, 0.25) is 0 Å². The molecule has 10 heteroatoms. The standard InChI is InChI=1S/C45H66O10/c1-3-5-7-9-11-13-15-17-19-21-23-25-27-29-31-33-40(47)52-36-38(37-53-45-44(51)43(50)42(49)39(35-46)55-45)54-41(48)34-32-30-28-26-24-22-20-18-16-14-12-10-8-6-4-2/h5-8,11-14,17-20,23-26,29-32,38-39,42-46,49-51H,3-4,9-10,15-16,21-22,27-28,33-37H2,1-2H3/b7-5-,8-6-,13-11-,14-12-,19-17-,20-18-,25-23-,26-24-,31-29-,32-30-/t38-,39+,42-,43-,44+,45+/m0/s1. The van der Waals surface area contributed by atoms with Crippen LogP contribution in [0.5, 0.6) is 0 Å². The largest absolute Gasteiger partial charge is 0.461 e. The first-order valence-corrected chi connectivity index (χ1v) is 19.6. The maximum Gasteiger partial charge on any atom is 0.310 e. The molecule has 1 aliphatic heterocycles. The first kappa shape index (κ1) is 49.1. The highest BCUT2D eigenvalue weighted by molar-refractivity contribution is 5.72. The number of aliphatic hydroxyl groups is 4. The Kier molecular flexibility index (Phi) is 30.9. The predicted molar refractivity (Wildman–Crippen MR) is 219 cm³/mol. The average molecular weight is 767 g/mol. The molecule has 0 amide bonds. The van der Waals surface area contributed by atoms with Crippen LogP contribution in [0, 0.1) is 0 Å². The van der Waals surface area contributed by atoms with Gasteiger partial charge in [-0.3, -0.25) is 9.59 Å². The van der Waals surface area contributed by atoms with Crippen molar-refractivity contribution in [1.82, 2.24) is 0 Å². The fraction of sp³-hybridized carbons (Fsp3) is 0.511. The molecule has 1 rings (SSSR count). The van der Waals surface area contributed by atoms with Gasteiger partial charge < -0.3 is 39.4 Å². The molecule has 0 aromatic heterocycles. The maximum atomic E-state index is 12.7. The summed E-state index contributed by atoms with van der Waals surface area (Å²) in [5, 5.41) is 39.9. The summed E-state index contributed by atoms with van der Waals surface area (Å²) in [6, 6.07) is 0. The molecule has 1 heterocycles. The molecule has 6 atom stereocenters. The molecular weight excluding hydrogens is 700 g/mol. The number of hydrogen-bond acceptors (Lipinski definition) is 10. The minimum absolute atomic E-state index is 0.0157. The zero-order chi connectivity index (χ0) is 40.2. The van der Waals surface area contributed by atoms with Crippen molar-refractivity contribution in [2.75, 3.05) is 19.8 Å². The van der Waals surface area contributed by atoms with Crippen LogP contribution in [0.3, 0.4) is 0 Å². The average Bonchev–Trinajstić information content (AvgIpc) is 3.18. The van der Waals surface area contributed by atoms with Crippen molar-refractivity contribution in [1.29, 1.82) is 0 Å². The smallest absolute Gasteiger partial charge is 0.310 e. The topological polar surface area (TPSA) is 152 Å². The molecule has 0 aromatic carbocycles. The van der Waals surface area contributed by atoms with Crippen LogP contribution < -0.4 is 0 Å². The molecule has 10 nitrogen and oxygen atoms in total. The summed E-state index contributed by atoms with van der Waals surface area (Å²) in [7, 11) is 0. The molecule has 4 N–H and O–H groups in total. The zero-order valence-corrected chi connectivity index (χ0v) is 32.9. The second kappa shape index (κ2) is 34.6. The van der Waals surface area contributed by atoms with Gasteiger partial charge in [-0.25, -0.2) is 0 Å². The number of esters is 2. The van der Waals surface area contributed by atoms with E-state index in [9.17, 15) is 30.0 Å². The third kappa shape index (κ3) is 26.5. The highest BCUT2D eigenvalue weighted by atomic mass is 16.7. The SMILES string of the molecule is CC/C=C\C/C=C\C/C=C\C/C=C\C/C=C\CC(=O)OC[C@@H](CO[C@@H]1O[C@H](CO)[C@H](O)[C@H](O)[C@H]1O)OC(=O)C/C=C\C/C=C\C/C=C\C/C=C\C/C=C\CC. The van der Waals surface area contributed by atoms with Crippen molar-refractivity contribution in [3.05, 3.63) is 122 Å². The number of rotatable bonds is 29. The highest BCUT2D eigenvalue weighted by Crippen LogP contribution is 2.22. The number of ether oxygens (including phenoxy) is 4. The molecule has 0 aromatic rings. The van der Waals surface area contributed by atoms with Gasteiger partial charge in [0.05, 0.1) is 26.1 Å². The number of hydrogen-bond donors (Lipinski definition) is 4. The Labute approximate surface area is 329 Å². The second-order valence-electron chi connectivity index (χ2n) is 12.6. The molecule has 0 saturated carbocycles. The van der Waals surface area contributed by atoms with E-state index in [2.05, 4.69) is 92.8 Å². The summed E-state index contributed by atoms with van der Waals surface area (Å²) < 4.78 is 21.8. The third-order valence-electron chi connectivity index (χ3n) is 7.91. The van der Waals surface area contributed by atoms with Gasteiger partial charge in [-0.05, 0) is 64.2 Å². The Morgan fingerprint density at radius 2 is 0.909 bits per heavy atom. The van der Waals surface area contributed by atoms with Crippen LogP contribution in [0.25, 0.3) is 0 Å². The normalized spacial score (nSPS) is 21.9. The molecule has 1 aliphatic rings. The minimum atomic E-state index is -1.63. The molecule has 0 radical (unpaired) electrons. The van der Waals surface area contributed by atoms with Gasteiger partial charge in [-0.1, -0.05) is 135 Å². The molecule has 306 valence electrons. The molecule has 55 heavy (non-hydrogen) atoms. The number of aliphatic hydroxyl groups excluding tert-OH is 4. The van der Waals surface area contributed by atoms with Crippen molar-refractivity contribution in [2.45, 2.75) is 128 Å². The monoisotopic (exact) mass is 766 g/mol. The Bertz CT molecular complexity index is 1300. The summed E-state index contributed by atoms with van der Waals surface area (Å²) in [4.78, 5) is 25.1. The van der Waals surface area contributed by atoms with E-state index in [0.717, 1.165) is 51.4 Å². The molecule has 0 bridgehead atoms. The highest BCUT2D eigenvalue weighted by Gasteiger charge is 2.44. The van der Waals surface area contributed by atoms with E-state index >= 15 is 0 Å². The van der Waals surface area contributed by atoms with Crippen molar-refractivity contribution in [3.63, 3.8) is 0 Å². The summed E-state index contributed by atoms with van der Waals surface area (Å²) in [6.45, 7) is 2.94. The summed E-state index contributed by atoms with van der Waals surface area (Å²) in [5.41, 5.74) is 0. The van der Waals surface area contributed by atoms with Gasteiger partial charge in [0.2, 0.25) is 0 Å². The lowest BCUT2D eigenvalue weighted by molar-refractivity contribution is -0.305. The fourth-order valence-electron chi connectivity index (χ4n) is 4.86. The van der Waals surface area contributed by atoms with Crippen LogP contribution in [0.15, 0.2) is 122 Å². The lowest BCUT2D eigenvalue weighted by atomic mass is 9.99. The Morgan fingerprint density at radius 1 is 0.527 bits per heavy atom. The summed E-state index contributed by atoms with van der Waals surface area (Å²) >= 11 is 0. The van der Waals surface area contributed by atoms with Crippen molar-refractivity contribution >= 4 is 11.9 Å². The molecular formula is C45H66O10. The molecule has 0 unspecified atom stereocenters. The Balaban J connectivity index is 2.54. The van der Waals surface area contributed by atoms with Gasteiger partial charge in [0.15, 0.2) is 12.4 Å². The fourth-order valence-corrected chi connectivity index (χ4v) is 4.86. The number of carbonyl (C=O) groups is 2. The van der Waals surface area contributed by atoms with E-state index in [1.807, 2.05) is 30.4 Å². The quantitative estimate of drug-likeness (QED) is 0.0444. The van der Waals surface area contributed by atoms with E-state index in [4.69, 9.17) is 18.9 Å². The lowest BCUT2D eigenvalue weighted by Gasteiger charge is -2.39. The van der Waals surface area contributed by atoms with Crippen molar-refractivity contribution in [3.8, 4) is 0 Å². The number of carbonyl (C=O) groups excluding carboxylic acids is 2. The van der Waals surface area contributed by atoms with E-state index in [0.29, 0.717) is 12.8 Å². The minimum Gasteiger partial charge on any atom is -0.461 e. The third-order valence-corrected chi connectivity index (χ3v) is 7.91. The second-order valence-corrected chi connectivity index (χ2v) is 12.6. The van der Waals surface area contributed by atoms with Gasteiger partial charge in [0.25, 0.3) is 0 Å². The van der Waals surface area contributed by atoms with Crippen LogP contribution >= 0.6 is 0 Å².